The van der Waals surface area contributed by atoms with Crippen LogP contribution in [0.15, 0.2) is 59.1 Å². The van der Waals surface area contributed by atoms with E-state index in [1.807, 2.05) is 48.5 Å². The number of benzene rings is 2. The summed E-state index contributed by atoms with van der Waals surface area (Å²) in [4.78, 5) is 6.83. The molecule has 1 unspecified atom stereocenters. The average molecular weight is 425 g/mol. The zero-order chi connectivity index (χ0) is 19.8. The van der Waals surface area contributed by atoms with Crippen molar-refractivity contribution in [2.24, 2.45) is 0 Å². The number of nitrogens with zero attached hydrogens (tertiary/aromatic N) is 4. The van der Waals surface area contributed by atoms with Gasteiger partial charge in [-0.15, -0.1) is 10.2 Å². The van der Waals surface area contributed by atoms with Crippen LogP contribution in [0.4, 0.5) is 0 Å². The van der Waals surface area contributed by atoms with Crippen LogP contribution in [0.25, 0.3) is 22.4 Å². The molecule has 0 radical (unpaired) electrons. The van der Waals surface area contributed by atoms with Crippen LogP contribution in [-0.4, -0.2) is 26.6 Å². The van der Waals surface area contributed by atoms with Gasteiger partial charge in [0.05, 0.1) is 16.1 Å². The molecule has 29 heavy (non-hydrogen) atoms. The smallest absolute Gasteiger partial charge is 0.266 e. The second kappa shape index (κ2) is 7.75. The number of aromatic nitrogens is 3. The molecule has 0 aliphatic carbocycles. The van der Waals surface area contributed by atoms with Crippen molar-refractivity contribution in [1.82, 2.24) is 20.1 Å². The van der Waals surface area contributed by atoms with Gasteiger partial charge in [-0.1, -0.05) is 53.5 Å². The zero-order valence-electron chi connectivity index (χ0n) is 15.6. The molecule has 1 aliphatic heterocycles. The van der Waals surface area contributed by atoms with E-state index in [1.54, 1.807) is 6.20 Å². The highest BCUT2D eigenvalue weighted by atomic mass is 35.5. The fraction of sp³-hybridized carbons (Fsp3) is 0.227. The Balaban J connectivity index is 1.42. The molecule has 3 heterocycles. The van der Waals surface area contributed by atoms with Crippen molar-refractivity contribution < 1.29 is 4.42 Å². The molecule has 0 N–H and O–H groups in total. The van der Waals surface area contributed by atoms with Gasteiger partial charge in [-0.3, -0.25) is 9.88 Å². The lowest BCUT2D eigenvalue weighted by Crippen LogP contribution is -2.23. The molecule has 4 aromatic rings. The number of hydrogen-bond donors (Lipinski definition) is 0. The summed E-state index contributed by atoms with van der Waals surface area (Å²) in [5.41, 5.74) is 1.83. The van der Waals surface area contributed by atoms with E-state index in [0.717, 1.165) is 48.0 Å². The van der Waals surface area contributed by atoms with Crippen molar-refractivity contribution in [3.05, 3.63) is 76.2 Å². The number of likely N-dealkylation sites (tertiary alicyclic amines) is 1. The Hall–Kier alpha value is -2.47. The molecule has 0 spiro atoms. The first-order valence-corrected chi connectivity index (χ1v) is 10.3. The highest BCUT2D eigenvalue weighted by molar-refractivity contribution is 6.42. The maximum atomic E-state index is 6.17. The highest BCUT2D eigenvalue weighted by Crippen LogP contribution is 2.35. The summed E-state index contributed by atoms with van der Waals surface area (Å²) < 4.78 is 6.10. The molecular weight excluding hydrogens is 407 g/mol. The molecule has 1 saturated heterocycles. The van der Waals surface area contributed by atoms with Gasteiger partial charge in [-0.25, -0.2) is 0 Å². The van der Waals surface area contributed by atoms with Gasteiger partial charge in [0.15, 0.2) is 0 Å². The topological polar surface area (TPSA) is 55.1 Å². The molecule has 5 nitrogen and oxygen atoms in total. The molecule has 1 atom stereocenters. The summed E-state index contributed by atoms with van der Waals surface area (Å²) in [7, 11) is 0. The summed E-state index contributed by atoms with van der Waals surface area (Å²) in [6.07, 6.45) is 3.83. The summed E-state index contributed by atoms with van der Waals surface area (Å²) in [6, 6.07) is 15.9. The summed E-state index contributed by atoms with van der Waals surface area (Å²) >= 11 is 12.2. The third kappa shape index (κ3) is 3.62. The van der Waals surface area contributed by atoms with Crippen molar-refractivity contribution in [3.63, 3.8) is 0 Å². The van der Waals surface area contributed by atoms with E-state index in [9.17, 15) is 0 Å². The molecule has 5 rings (SSSR count). The molecule has 0 saturated carbocycles. The normalized spacial score (nSPS) is 17.2. The van der Waals surface area contributed by atoms with Crippen molar-refractivity contribution in [2.75, 3.05) is 6.54 Å². The van der Waals surface area contributed by atoms with E-state index >= 15 is 0 Å². The lowest BCUT2D eigenvalue weighted by Gasteiger charge is -2.21. The number of pyridine rings is 1. The standard InChI is InChI=1S/C22H18Cl2N4O/c23-17-8-7-14(12-18(17)24)13-28-11-3-6-19(28)21-26-27-22(29-21)20-16-5-2-1-4-15(16)9-10-25-20/h1-2,4-5,7-10,12,19H,3,6,11,13H2. The maximum absolute atomic E-state index is 6.17. The first-order valence-electron chi connectivity index (χ1n) is 9.54. The van der Waals surface area contributed by atoms with E-state index in [2.05, 4.69) is 20.1 Å². The summed E-state index contributed by atoms with van der Waals surface area (Å²) in [5.74, 6) is 1.09. The minimum Gasteiger partial charge on any atom is -0.418 e. The molecule has 1 aliphatic rings. The van der Waals surface area contributed by atoms with Crippen LogP contribution in [0.5, 0.6) is 0 Å². The largest absolute Gasteiger partial charge is 0.418 e. The second-order valence-electron chi connectivity index (χ2n) is 7.20. The minimum absolute atomic E-state index is 0.0840. The first kappa shape index (κ1) is 18.6. The van der Waals surface area contributed by atoms with Gasteiger partial charge in [0.1, 0.15) is 5.69 Å². The first-order chi connectivity index (χ1) is 14.2. The molecule has 2 aromatic carbocycles. The summed E-state index contributed by atoms with van der Waals surface area (Å²) in [6.45, 7) is 1.72. The van der Waals surface area contributed by atoms with Crippen molar-refractivity contribution in [2.45, 2.75) is 25.4 Å². The van der Waals surface area contributed by atoms with Gasteiger partial charge in [-0.05, 0) is 48.5 Å². The predicted molar refractivity (Wildman–Crippen MR) is 114 cm³/mol. The van der Waals surface area contributed by atoms with E-state index < -0.39 is 0 Å². The Morgan fingerprint density at radius 1 is 1.03 bits per heavy atom. The number of fused-ring (bicyclic) bond motifs is 1. The van der Waals surface area contributed by atoms with Crippen LogP contribution in [0, 0.1) is 0 Å². The molecular formula is C22H18Cl2N4O. The van der Waals surface area contributed by atoms with Crippen molar-refractivity contribution in [3.8, 4) is 11.6 Å². The van der Waals surface area contributed by atoms with Crippen LogP contribution in [0.3, 0.4) is 0 Å². The Morgan fingerprint density at radius 2 is 1.93 bits per heavy atom. The van der Waals surface area contributed by atoms with E-state index in [0.29, 0.717) is 21.8 Å². The highest BCUT2D eigenvalue weighted by Gasteiger charge is 2.31. The Labute approximate surface area is 178 Å². The Morgan fingerprint density at radius 3 is 2.83 bits per heavy atom. The van der Waals surface area contributed by atoms with Crippen molar-refractivity contribution >= 4 is 34.0 Å². The van der Waals surface area contributed by atoms with E-state index in [4.69, 9.17) is 27.6 Å². The van der Waals surface area contributed by atoms with Crippen LogP contribution >= 0.6 is 23.2 Å². The zero-order valence-corrected chi connectivity index (χ0v) is 17.1. The summed E-state index contributed by atoms with van der Waals surface area (Å²) in [5, 5.41) is 11.9. The monoisotopic (exact) mass is 424 g/mol. The predicted octanol–water partition coefficient (Wildman–Crippen LogP) is 5.93. The Kier molecular flexibility index (Phi) is 4.96. The van der Waals surface area contributed by atoms with Gasteiger partial charge in [0.2, 0.25) is 5.89 Å². The minimum atomic E-state index is 0.0840. The molecule has 7 heteroatoms. The van der Waals surface area contributed by atoms with E-state index in [1.165, 1.54) is 0 Å². The molecule has 0 bridgehead atoms. The van der Waals surface area contributed by atoms with Gasteiger partial charge >= 0.3 is 0 Å². The SMILES string of the molecule is Clc1ccc(CN2CCCC2c2nnc(-c3nccc4ccccc34)o2)cc1Cl. The van der Waals surface area contributed by atoms with Crippen molar-refractivity contribution in [1.29, 1.82) is 0 Å². The quantitative estimate of drug-likeness (QED) is 0.406. The second-order valence-corrected chi connectivity index (χ2v) is 8.02. The van der Waals surface area contributed by atoms with Crippen LogP contribution in [-0.2, 0) is 6.54 Å². The fourth-order valence-corrected chi connectivity index (χ4v) is 4.24. The van der Waals surface area contributed by atoms with Gasteiger partial charge in [-0.2, -0.15) is 0 Å². The maximum Gasteiger partial charge on any atom is 0.266 e. The van der Waals surface area contributed by atoms with Gasteiger partial charge in [0.25, 0.3) is 5.89 Å². The molecule has 146 valence electrons. The van der Waals surface area contributed by atoms with Crippen LogP contribution in [0.2, 0.25) is 10.0 Å². The van der Waals surface area contributed by atoms with Crippen LogP contribution < -0.4 is 0 Å². The number of halogens is 2. The lowest BCUT2D eigenvalue weighted by atomic mass is 10.1. The molecule has 1 fully saturated rings. The number of rotatable bonds is 4. The van der Waals surface area contributed by atoms with E-state index in [-0.39, 0.29) is 6.04 Å². The third-order valence-corrected chi connectivity index (χ3v) is 6.07. The Bertz CT molecular complexity index is 1170. The van der Waals surface area contributed by atoms with Gasteiger partial charge < -0.3 is 4.42 Å². The third-order valence-electron chi connectivity index (χ3n) is 5.34. The molecule has 0 amide bonds. The average Bonchev–Trinajstić information content (AvgIpc) is 3.40. The van der Waals surface area contributed by atoms with Gasteiger partial charge in [0, 0.05) is 18.1 Å². The van der Waals surface area contributed by atoms with Crippen LogP contribution in [0.1, 0.15) is 30.3 Å². The molecule has 2 aromatic heterocycles. The fourth-order valence-electron chi connectivity index (χ4n) is 3.92. The lowest BCUT2D eigenvalue weighted by molar-refractivity contribution is 0.215. The number of hydrogen-bond acceptors (Lipinski definition) is 5.